The molecule has 4 rings (SSSR count). The van der Waals surface area contributed by atoms with Crippen LogP contribution >= 0.6 is 23.4 Å². The van der Waals surface area contributed by atoms with Crippen LogP contribution in [-0.4, -0.2) is 29.0 Å². The van der Waals surface area contributed by atoms with Crippen LogP contribution in [0.25, 0.3) is 11.9 Å². The molecule has 0 bridgehead atoms. The van der Waals surface area contributed by atoms with Crippen molar-refractivity contribution in [3.8, 4) is 0 Å². The quantitative estimate of drug-likeness (QED) is 0.706. The second kappa shape index (κ2) is 9.37. The Hall–Kier alpha value is -2.45. The summed E-state index contributed by atoms with van der Waals surface area (Å²) >= 11 is 7.31. The first-order valence-corrected chi connectivity index (χ1v) is 9.93. The van der Waals surface area contributed by atoms with Crippen LogP contribution in [0.3, 0.4) is 0 Å². The fourth-order valence-electron chi connectivity index (χ4n) is 2.99. The maximum absolute atomic E-state index is 14.4. The van der Waals surface area contributed by atoms with E-state index in [1.54, 1.807) is 23.9 Å². The first-order chi connectivity index (χ1) is 13.9. The van der Waals surface area contributed by atoms with Crippen LogP contribution in [0, 0.1) is 11.7 Å². The third-order valence-corrected chi connectivity index (χ3v) is 5.84. The Morgan fingerprint density at radius 2 is 2.14 bits per heavy atom. The number of carbonyl (C=O) groups excluding carboxylic acids is 1. The summed E-state index contributed by atoms with van der Waals surface area (Å²) in [5.74, 6) is -0.559. The van der Waals surface area contributed by atoms with Crippen LogP contribution in [0.1, 0.15) is 29.3 Å². The summed E-state index contributed by atoms with van der Waals surface area (Å²) in [7, 11) is 1.31. The third-order valence-electron chi connectivity index (χ3n) is 4.42. The number of fused-ring (bicyclic) bond motifs is 1. The molecule has 0 saturated heterocycles. The second-order valence-corrected chi connectivity index (χ2v) is 8.13. The van der Waals surface area contributed by atoms with Crippen molar-refractivity contribution in [3.05, 3.63) is 64.2 Å². The number of aliphatic imine (C=N–C) groups is 1. The highest BCUT2D eigenvalue weighted by atomic mass is 35.5. The molecule has 3 atom stereocenters. The lowest BCUT2D eigenvalue weighted by Crippen LogP contribution is -2.17. The van der Waals surface area contributed by atoms with Gasteiger partial charge in [0.15, 0.2) is 5.17 Å². The SMILES string of the molecule is COC=O.NC1=NC(c2cc(/C=C(\F)c3ccc(Cl)cn3)ccc2F)C2CC2S1. The molecule has 2 aromatic rings. The van der Waals surface area contributed by atoms with Gasteiger partial charge >= 0.3 is 0 Å². The van der Waals surface area contributed by atoms with Crippen LogP contribution in [0.2, 0.25) is 5.02 Å². The Kier molecular flexibility index (Phi) is 6.87. The number of amidine groups is 1. The minimum atomic E-state index is -0.513. The second-order valence-electron chi connectivity index (χ2n) is 6.43. The van der Waals surface area contributed by atoms with E-state index in [-0.39, 0.29) is 17.6 Å². The molecule has 2 heterocycles. The number of ether oxygens (including phenoxy) is 1. The number of nitrogens with two attached hydrogens (primary N) is 1. The number of halogens is 3. The van der Waals surface area contributed by atoms with Gasteiger partial charge in [0.05, 0.1) is 23.9 Å². The fraction of sp³-hybridized carbons (Fsp3) is 0.250. The molecule has 0 radical (unpaired) electrons. The monoisotopic (exact) mass is 437 g/mol. The molecular weight excluding hydrogens is 420 g/mol. The molecule has 29 heavy (non-hydrogen) atoms. The molecule has 2 N–H and O–H groups in total. The molecule has 2 aliphatic rings. The molecule has 0 spiro atoms. The Labute approximate surface area is 176 Å². The normalized spacial score (nSPS) is 22.6. The number of aromatic nitrogens is 1. The van der Waals surface area contributed by atoms with Gasteiger partial charge in [-0.3, -0.25) is 14.8 Å². The number of pyridine rings is 1. The highest BCUT2D eigenvalue weighted by molar-refractivity contribution is 8.14. The lowest BCUT2D eigenvalue weighted by atomic mass is 9.99. The van der Waals surface area contributed by atoms with E-state index in [1.165, 1.54) is 37.6 Å². The number of benzene rings is 1. The molecule has 1 aromatic heterocycles. The zero-order valence-corrected chi connectivity index (χ0v) is 17.0. The smallest absolute Gasteiger partial charge is 0.292 e. The minimum absolute atomic E-state index is 0.175. The summed E-state index contributed by atoms with van der Waals surface area (Å²) in [4.78, 5) is 17.3. The molecule has 1 aromatic carbocycles. The van der Waals surface area contributed by atoms with Crippen LogP contribution in [0.4, 0.5) is 8.78 Å². The summed E-state index contributed by atoms with van der Waals surface area (Å²) < 4.78 is 32.6. The van der Waals surface area contributed by atoms with Crippen molar-refractivity contribution in [3.63, 3.8) is 0 Å². The molecule has 5 nitrogen and oxygen atoms in total. The van der Waals surface area contributed by atoms with Crippen molar-refractivity contribution in [1.29, 1.82) is 0 Å². The Morgan fingerprint density at radius 1 is 1.38 bits per heavy atom. The third kappa shape index (κ3) is 5.33. The zero-order chi connectivity index (χ0) is 21.0. The van der Waals surface area contributed by atoms with Crippen molar-refractivity contribution in [2.75, 3.05) is 7.11 Å². The first-order valence-electron chi connectivity index (χ1n) is 8.68. The van der Waals surface area contributed by atoms with Crippen molar-refractivity contribution in [2.24, 2.45) is 16.6 Å². The largest absolute Gasteiger partial charge is 0.471 e. The van der Waals surface area contributed by atoms with E-state index in [0.717, 1.165) is 6.42 Å². The number of carbonyl (C=O) groups is 1. The number of hydrogen-bond donors (Lipinski definition) is 1. The van der Waals surface area contributed by atoms with Gasteiger partial charge in [-0.05, 0) is 48.2 Å². The van der Waals surface area contributed by atoms with Gasteiger partial charge in [-0.2, -0.15) is 0 Å². The number of methoxy groups -OCH3 is 1. The molecule has 0 amide bonds. The molecule has 9 heteroatoms. The topological polar surface area (TPSA) is 77.6 Å². The van der Waals surface area contributed by atoms with E-state index in [4.69, 9.17) is 22.1 Å². The summed E-state index contributed by atoms with van der Waals surface area (Å²) in [6, 6.07) is 7.28. The van der Waals surface area contributed by atoms with Crippen molar-refractivity contribution in [2.45, 2.75) is 17.7 Å². The first kappa shape index (κ1) is 21.3. The number of thioether (sulfide) groups is 1. The van der Waals surface area contributed by atoms with Crippen molar-refractivity contribution in [1.82, 2.24) is 4.98 Å². The average molecular weight is 438 g/mol. The van der Waals surface area contributed by atoms with Gasteiger partial charge in [-0.25, -0.2) is 8.78 Å². The van der Waals surface area contributed by atoms with Crippen molar-refractivity contribution < 1.29 is 18.3 Å². The van der Waals surface area contributed by atoms with E-state index in [0.29, 0.717) is 39.0 Å². The lowest BCUT2D eigenvalue weighted by Gasteiger charge is -2.19. The lowest BCUT2D eigenvalue weighted by molar-refractivity contribution is -0.126. The van der Waals surface area contributed by atoms with Crippen LogP contribution < -0.4 is 5.73 Å². The maximum atomic E-state index is 14.4. The van der Waals surface area contributed by atoms with Crippen LogP contribution in [-0.2, 0) is 9.53 Å². The predicted octanol–water partition coefficient (Wildman–Crippen LogP) is 4.62. The van der Waals surface area contributed by atoms with E-state index >= 15 is 0 Å². The molecule has 3 unspecified atom stereocenters. The number of nitrogens with zero attached hydrogens (tertiary/aromatic N) is 2. The Morgan fingerprint density at radius 3 is 2.79 bits per heavy atom. The van der Waals surface area contributed by atoms with Gasteiger partial charge in [0.1, 0.15) is 11.6 Å². The maximum Gasteiger partial charge on any atom is 0.292 e. The standard InChI is InChI=1S/C18H14ClF2N3S.C2H4O2/c19-10-2-4-15(23-8-10)14(21)6-9-1-3-13(20)11(5-9)17-12-7-16(12)25-18(22)24-17;1-4-2-3/h1-6,8,12,16-17H,7H2,(H2,22,24);2H,1H3/b14-6-;. The molecule has 1 aliphatic heterocycles. The molecule has 1 fully saturated rings. The number of hydrogen-bond acceptors (Lipinski definition) is 6. The van der Waals surface area contributed by atoms with Gasteiger partial charge in [-0.1, -0.05) is 29.4 Å². The zero-order valence-electron chi connectivity index (χ0n) is 15.4. The van der Waals surface area contributed by atoms with Crippen LogP contribution in [0.5, 0.6) is 0 Å². The van der Waals surface area contributed by atoms with Crippen LogP contribution in [0.15, 0.2) is 41.5 Å². The van der Waals surface area contributed by atoms with Gasteiger partial charge in [0.25, 0.3) is 6.47 Å². The summed E-state index contributed by atoms with van der Waals surface area (Å²) in [5.41, 5.74) is 7.02. The van der Waals surface area contributed by atoms with Gasteiger partial charge in [-0.15, -0.1) is 0 Å². The summed E-state index contributed by atoms with van der Waals surface area (Å²) in [6.45, 7) is 0.375. The summed E-state index contributed by atoms with van der Waals surface area (Å²) in [5, 5.41) is 1.34. The average Bonchev–Trinajstić information content (AvgIpc) is 3.49. The van der Waals surface area contributed by atoms with Gasteiger partial charge in [0, 0.05) is 17.0 Å². The highest BCUT2D eigenvalue weighted by Gasteiger charge is 2.48. The molecular formula is C20H18ClF2N3O2S. The minimum Gasteiger partial charge on any atom is -0.471 e. The fourth-order valence-corrected chi connectivity index (χ4v) is 4.23. The predicted molar refractivity (Wildman–Crippen MR) is 112 cm³/mol. The van der Waals surface area contributed by atoms with Gasteiger partial charge < -0.3 is 10.5 Å². The van der Waals surface area contributed by atoms with E-state index in [2.05, 4.69) is 14.7 Å². The van der Waals surface area contributed by atoms with E-state index < -0.39 is 5.83 Å². The molecule has 1 saturated carbocycles. The Balaban J connectivity index is 0.000000552. The molecule has 1 aliphatic carbocycles. The number of rotatable bonds is 4. The van der Waals surface area contributed by atoms with Crippen molar-refractivity contribution >= 4 is 46.9 Å². The summed E-state index contributed by atoms with van der Waals surface area (Å²) in [6.07, 6.45) is 3.68. The van der Waals surface area contributed by atoms with E-state index in [1.807, 2.05) is 0 Å². The molecule has 152 valence electrons. The van der Waals surface area contributed by atoms with E-state index in [9.17, 15) is 8.78 Å². The Bertz CT molecular complexity index is 953. The van der Waals surface area contributed by atoms with Gasteiger partial charge in [0.2, 0.25) is 0 Å². The highest BCUT2D eigenvalue weighted by Crippen LogP contribution is 2.54.